The number of aryl methyl sites for hydroxylation is 1. The van der Waals surface area contributed by atoms with Gasteiger partial charge in [-0.2, -0.15) is 5.26 Å². The molecule has 0 aromatic heterocycles. The van der Waals surface area contributed by atoms with Gasteiger partial charge in [-0.3, -0.25) is 4.79 Å². The molecule has 0 bridgehead atoms. The lowest BCUT2D eigenvalue weighted by Crippen LogP contribution is -2.14. The maximum absolute atomic E-state index is 12.2. The Hall–Kier alpha value is -3.06. The highest BCUT2D eigenvalue weighted by molar-refractivity contribution is 6.09. The lowest BCUT2D eigenvalue weighted by Gasteiger charge is -2.07. The Bertz CT molecular complexity index is 740. The minimum absolute atomic E-state index is 0.0495. The van der Waals surface area contributed by atoms with Gasteiger partial charge in [0.15, 0.2) is 0 Å². The number of methoxy groups -OCH3 is 1. The first-order valence-corrected chi connectivity index (χ1v) is 6.77. The maximum atomic E-state index is 12.2. The van der Waals surface area contributed by atoms with Crippen molar-refractivity contribution >= 4 is 17.7 Å². The maximum Gasteiger partial charge on any atom is 0.266 e. The van der Waals surface area contributed by atoms with Crippen LogP contribution in [-0.4, -0.2) is 13.0 Å². The normalized spacial score (nSPS) is 10.7. The minimum Gasteiger partial charge on any atom is -0.497 e. The number of nitrogens with one attached hydrogen (secondary N) is 1. The van der Waals surface area contributed by atoms with Gasteiger partial charge in [0.2, 0.25) is 0 Å². The molecule has 0 spiro atoms. The number of hydrogen-bond acceptors (Lipinski definition) is 3. The highest BCUT2D eigenvalue weighted by Gasteiger charge is 2.10. The van der Waals surface area contributed by atoms with E-state index in [1.807, 2.05) is 31.2 Å². The van der Waals surface area contributed by atoms with Gasteiger partial charge in [0.25, 0.3) is 5.91 Å². The molecule has 2 aromatic rings. The first-order chi connectivity index (χ1) is 10.6. The van der Waals surface area contributed by atoms with Crippen LogP contribution in [0.1, 0.15) is 11.1 Å². The second-order valence-electron chi connectivity index (χ2n) is 4.71. The molecule has 2 rings (SSSR count). The molecule has 110 valence electrons. The summed E-state index contributed by atoms with van der Waals surface area (Å²) in [7, 11) is 1.58. The zero-order valence-electron chi connectivity index (χ0n) is 12.5. The van der Waals surface area contributed by atoms with Crippen molar-refractivity contribution in [3.8, 4) is 11.8 Å². The molecule has 22 heavy (non-hydrogen) atoms. The smallest absolute Gasteiger partial charge is 0.266 e. The number of rotatable bonds is 4. The summed E-state index contributed by atoms with van der Waals surface area (Å²) in [5, 5.41) is 12.0. The number of ether oxygens (including phenoxy) is 1. The van der Waals surface area contributed by atoms with Crippen LogP contribution in [0, 0.1) is 18.3 Å². The van der Waals surface area contributed by atoms with Crippen molar-refractivity contribution in [3.05, 3.63) is 65.2 Å². The molecule has 0 saturated carbocycles. The number of nitriles is 1. The third kappa shape index (κ3) is 3.74. The molecule has 4 nitrogen and oxygen atoms in total. The number of nitrogens with zero attached hydrogens (tertiary/aromatic N) is 1. The van der Waals surface area contributed by atoms with Crippen molar-refractivity contribution in [2.24, 2.45) is 0 Å². The summed E-state index contributed by atoms with van der Waals surface area (Å²) in [5.74, 6) is 0.299. The standard InChI is InChI=1S/C18H16N2O2/c1-13-5-3-4-6-17(13)20-18(21)15(12-19)11-14-7-9-16(22-2)10-8-14/h3-11H,1-2H3,(H,20,21). The molecule has 1 N–H and O–H groups in total. The zero-order valence-corrected chi connectivity index (χ0v) is 12.5. The summed E-state index contributed by atoms with van der Waals surface area (Å²) in [6.45, 7) is 1.90. The van der Waals surface area contributed by atoms with E-state index in [0.29, 0.717) is 5.69 Å². The largest absolute Gasteiger partial charge is 0.497 e. The highest BCUT2D eigenvalue weighted by atomic mass is 16.5. The van der Waals surface area contributed by atoms with Crippen LogP contribution >= 0.6 is 0 Å². The van der Waals surface area contributed by atoms with Crippen molar-refractivity contribution in [1.29, 1.82) is 5.26 Å². The summed E-state index contributed by atoms with van der Waals surface area (Å²) in [6, 6.07) is 16.5. The lowest BCUT2D eigenvalue weighted by atomic mass is 10.1. The third-order valence-electron chi connectivity index (χ3n) is 3.19. The summed E-state index contributed by atoms with van der Waals surface area (Å²) >= 11 is 0. The minimum atomic E-state index is -0.424. The fourth-order valence-electron chi connectivity index (χ4n) is 1.92. The fourth-order valence-corrected chi connectivity index (χ4v) is 1.92. The predicted octanol–water partition coefficient (Wildman–Crippen LogP) is 3.55. The van der Waals surface area contributed by atoms with Crippen LogP contribution in [0.15, 0.2) is 54.1 Å². The molecule has 0 aliphatic carbocycles. The number of carbonyl (C=O) groups excluding carboxylic acids is 1. The molecule has 0 aliphatic rings. The Morgan fingerprint density at radius 1 is 1.18 bits per heavy atom. The van der Waals surface area contributed by atoms with Gasteiger partial charge in [-0.05, 0) is 42.3 Å². The van der Waals surface area contributed by atoms with E-state index in [9.17, 15) is 10.1 Å². The van der Waals surface area contributed by atoms with Crippen LogP contribution in [-0.2, 0) is 4.79 Å². The number of benzene rings is 2. The van der Waals surface area contributed by atoms with E-state index < -0.39 is 5.91 Å². The Labute approximate surface area is 129 Å². The van der Waals surface area contributed by atoms with Gasteiger partial charge in [-0.15, -0.1) is 0 Å². The van der Waals surface area contributed by atoms with Gasteiger partial charge < -0.3 is 10.1 Å². The SMILES string of the molecule is COc1ccc(C=C(C#N)C(=O)Nc2ccccc2C)cc1. The second kappa shape index (κ2) is 7.09. The Balaban J connectivity index is 2.20. The van der Waals surface area contributed by atoms with Crippen LogP contribution in [0.2, 0.25) is 0 Å². The number of amides is 1. The van der Waals surface area contributed by atoms with Crippen molar-refractivity contribution in [2.45, 2.75) is 6.92 Å². The van der Waals surface area contributed by atoms with Gasteiger partial charge in [0.1, 0.15) is 17.4 Å². The van der Waals surface area contributed by atoms with Crippen molar-refractivity contribution in [3.63, 3.8) is 0 Å². The molecule has 0 fully saturated rings. The van der Waals surface area contributed by atoms with Crippen LogP contribution in [0.25, 0.3) is 6.08 Å². The van der Waals surface area contributed by atoms with Gasteiger partial charge in [0.05, 0.1) is 7.11 Å². The third-order valence-corrected chi connectivity index (χ3v) is 3.19. The van der Waals surface area contributed by atoms with Crippen LogP contribution in [0.5, 0.6) is 5.75 Å². The van der Waals surface area contributed by atoms with Crippen LogP contribution < -0.4 is 10.1 Å². The van der Waals surface area contributed by atoms with E-state index in [2.05, 4.69) is 5.32 Å². The van der Waals surface area contributed by atoms with E-state index >= 15 is 0 Å². The molecule has 4 heteroatoms. The zero-order chi connectivity index (χ0) is 15.9. The van der Waals surface area contributed by atoms with E-state index in [1.54, 1.807) is 43.5 Å². The second-order valence-corrected chi connectivity index (χ2v) is 4.71. The average molecular weight is 292 g/mol. The number of anilines is 1. The molecule has 0 heterocycles. The molecular weight excluding hydrogens is 276 g/mol. The van der Waals surface area contributed by atoms with E-state index in [4.69, 9.17) is 4.74 Å². The van der Waals surface area contributed by atoms with Gasteiger partial charge >= 0.3 is 0 Å². The lowest BCUT2D eigenvalue weighted by molar-refractivity contribution is -0.112. The first-order valence-electron chi connectivity index (χ1n) is 6.77. The van der Waals surface area contributed by atoms with E-state index in [-0.39, 0.29) is 5.57 Å². The molecule has 0 saturated heterocycles. The highest BCUT2D eigenvalue weighted by Crippen LogP contribution is 2.17. The Morgan fingerprint density at radius 2 is 1.86 bits per heavy atom. The summed E-state index contributed by atoms with van der Waals surface area (Å²) in [4.78, 5) is 12.2. The van der Waals surface area contributed by atoms with Crippen LogP contribution in [0.3, 0.4) is 0 Å². The predicted molar refractivity (Wildman–Crippen MR) is 86.4 cm³/mol. The quantitative estimate of drug-likeness (QED) is 0.692. The molecule has 0 aliphatic heterocycles. The first kappa shape index (κ1) is 15.3. The molecule has 0 unspecified atom stereocenters. The van der Waals surface area contributed by atoms with Gasteiger partial charge in [-0.25, -0.2) is 0 Å². The molecule has 1 amide bonds. The van der Waals surface area contributed by atoms with Gasteiger partial charge in [-0.1, -0.05) is 30.3 Å². The average Bonchev–Trinajstić information content (AvgIpc) is 2.55. The number of carbonyl (C=O) groups is 1. The van der Waals surface area contributed by atoms with Crippen molar-refractivity contribution in [2.75, 3.05) is 12.4 Å². The molecule has 0 radical (unpaired) electrons. The van der Waals surface area contributed by atoms with Crippen molar-refractivity contribution in [1.82, 2.24) is 0 Å². The monoisotopic (exact) mass is 292 g/mol. The number of hydrogen-bond donors (Lipinski definition) is 1. The van der Waals surface area contributed by atoms with Crippen LogP contribution in [0.4, 0.5) is 5.69 Å². The van der Waals surface area contributed by atoms with E-state index in [0.717, 1.165) is 16.9 Å². The molecule has 0 atom stereocenters. The molecule has 2 aromatic carbocycles. The summed E-state index contributed by atoms with van der Waals surface area (Å²) < 4.78 is 5.08. The number of para-hydroxylation sites is 1. The Morgan fingerprint density at radius 3 is 2.45 bits per heavy atom. The van der Waals surface area contributed by atoms with Crippen molar-refractivity contribution < 1.29 is 9.53 Å². The van der Waals surface area contributed by atoms with Gasteiger partial charge in [0, 0.05) is 5.69 Å². The van der Waals surface area contributed by atoms with E-state index in [1.165, 1.54) is 0 Å². The fraction of sp³-hybridized carbons (Fsp3) is 0.111. The Kier molecular flexibility index (Phi) is 4.94. The summed E-state index contributed by atoms with van der Waals surface area (Å²) in [5.41, 5.74) is 2.45. The topological polar surface area (TPSA) is 62.1 Å². The molecular formula is C18H16N2O2. The summed E-state index contributed by atoms with van der Waals surface area (Å²) in [6.07, 6.45) is 1.55.